The molecule has 37 heavy (non-hydrogen) atoms. The lowest BCUT2D eigenvalue weighted by Gasteiger charge is -2.11. The second kappa shape index (κ2) is 11.1. The molecule has 0 atom stereocenters. The number of sulfone groups is 1. The van der Waals surface area contributed by atoms with E-state index < -0.39 is 9.84 Å². The quantitative estimate of drug-likeness (QED) is 0.213. The number of pyridine rings is 1. The SMILES string of the molecule is CS(=O)(=O)CCNCc1csc(-c2ccc3c(Nc4ccc(Oc5ccccc5)cc4)ccnc3c2)n1. The predicted molar refractivity (Wildman–Crippen MR) is 151 cm³/mol. The first-order chi connectivity index (χ1) is 17.9. The van der Waals surface area contributed by atoms with E-state index in [1.54, 1.807) is 17.5 Å². The minimum atomic E-state index is -2.97. The molecular weight excluding hydrogens is 504 g/mol. The van der Waals surface area contributed by atoms with Crippen molar-refractivity contribution in [3.05, 3.63) is 96.1 Å². The van der Waals surface area contributed by atoms with Crippen molar-refractivity contribution in [1.82, 2.24) is 15.3 Å². The largest absolute Gasteiger partial charge is 0.457 e. The summed E-state index contributed by atoms with van der Waals surface area (Å²) in [5.41, 5.74) is 4.66. The van der Waals surface area contributed by atoms with Crippen molar-refractivity contribution in [1.29, 1.82) is 0 Å². The third kappa shape index (κ3) is 6.71. The number of fused-ring (bicyclic) bond motifs is 1. The average molecular weight is 531 g/mol. The van der Waals surface area contributed by atoms with Crippen molar-refractivity contribution in [3.8, 4) is 22.1 Å². The van der Waals surface area contributed by atoms with E-state index in [0.29, 0.717) is 13.1 Å². The summed E-state index contributed by atoms with van der Waals surface area (Å²) in [6.45, 7) is 0.936. The minimum absolute atomic E-state index is 0.113. The molecule has 0 radical (unpaired) electrons. The van der Waals surface area contributed by atoms with Gasteiger partial charge in [0.1, 0.15) is 26.3 Å². The van der Waals surface area contributed by atoms with E-state index in [1.165, 1.54) is 6.26 Å². The molecule has 0 aliphatic rings. The third-order valence-electron chi connectivity index (χ3n) is 5.61. The molecule has 0 saturated heterocycles. The lowest BCUT2D eigenvalue weighted by atomic mass is 10.1. The minimum Gasteiger partial charge on any atom is -0.457 e. The van der Waals surface area contributed by atoms with Crippen LogP contribution in [0.4, 0.5) is 11.4 Å². The Morgan fingerprint density at radius 1 is 0.946 bits per heavy atom. The Bertz CT molecular complexity index is 1600. The standard InChI is InChI=1S/C28H26N4O3S2/c1-37(33,34)16-15-29-18-22-19-36-28(32-22)20-7-12-25-26(13-14-30-27(25)17-20)31-21-8-10-24(11-9-21)35-23-5-3-2-4-6-23/h2-14,17,19,29H,15-16,18H2,1H3,(H,30,31). The van der Waals surface area contributed by atoms with Gasteiger partial charge in [-0.15, -0.1) is 11.3 Å². The summed E-state index contributed by atoms with van der Waals surface area (Å²) >= 11 is 1.56. The van der Waals surface area contributed by atoms with Crippen LogP contribution in [0.1, 0.15) is 5.69 Å². The van der Waals surface area contributed by atoms with Crippen LogP contribution in [-0.2, 0) is 16.4 Å². The number of nitrogens with one attached hydrogen (secondary N) is 2. The fraction of sp³-hybridized carbons (Fsp3) is 0.143. The van der Waals surface area contributed by atoms with Crippen LogP contribution in [0.2, 0.25) is 0 Å². The summed E-state index contributed by atoms with van der Waals surface area (Å²) in [5, 5.41) is 10.5. The second-order valence-electron chi connectivity index (χ2n) is 8.61. The van der Waals surface area contributed by atoms with Crippen molar-refractivity contribution in [2.45, 2.75) is 6.54 Å². The number of para-hydroxylation sites is 1. The van der Waals surface area contributed by atoms with Gasteiger partial charge in [-0.05, 0) is 48.5 Å². The van der Waals surface area contributed by atoms with Gasteiger partial charge in [0.15, 0.2) is 0 Å². The van der Waals surface area contributed by atoms with Gasteiger partial charge in [0.05, 0.1) is 17.0 Å². The van der Waals surface area contributed by atoms with E-state index in [1.807, 2.05) is 78.2 Å². The molecule has 0 spiro atoms. The van der Waals surface area contributed by atoms with Gasteiger partial charge in [-0.2, -0.15) is 0 Å². The van der Waals surface area contributed by atoms with E-state index in [9.17, 15) is 8.42 Å². The number of rotatable bonds is 10. The molecule has 0 amide bonds. The Labute approximate surface area is 220 Å². The van der Waals surface area contributed by atoms with Gasteiger partial charge in [0.2, 0.25) is 0 Å². The van der Waals surface area contributed by atoms with Gasteiger partial charge in [0, 0.05) is 53.2 Å². The van der Waals surface area contributed by atoms with Gasteiger partial charge < -0.3 is 15.4 Å². The van der Waals surface area contributed by atoms with Crippen LogP contribution in [0.15, 0.2) is 90.4 Å². The van der Waals surface area contributed by atoms with Crippen LogP contribution in [0.25, 0.3) is 21.5 Å². The Morgan fingerprint density at radius 2 is 1.73 bits per heavy atom. The number of hydrogen-bond donors (Lipinski definition) is 2. The predicted octanol–water partition coefficient (Wildman–Crippen LogP) is 6.03. The van der Waals surface area contributed by atoms with Crippen LogP contribution in [0.5, 0.6) is 11.5 Å². The summed E-state index contributed by atoms with van der Waals surface area (Å²) in [7, 11) is -2.97. The third-order valence-corrected chi connectivity index (χ3v) is 7.50. The highest BCUT2D eigenvalue weighted by atomic mass is 32.2. The van der Waals surface area contributed by atoms with Crippen LogP contribution >= 0.6 is 11.3 Å². The van der Waals surface area contributed by atoms with Gasteiger partial charge in [-0.1, -0.05) is 30.3 Å². The lowest BCUT2D eigenvalue weighted by Crippen LogP contribution is -2.22. The number of benzene rings is 3. The first-order valence-electron chi connectivity index (χ1n) is 11.7. The molecule has 0 saturated carbocycles. The number of anilines is 2. The fourth-order valence-corrected chi connectivity index (χ4v) is 5.10. The number of aromatic nitrogens is 2. The van der Waals surface area contributed by atoms with Gasteiger partial charge in [-0.25, -0.2) is 13.4 Å². The van der Waals surface area contributed by atoms with Crippen LogP contribution in [0.3, 0.4) is 0 Å². The van der Waals surface area contributed by atoms with Crippen molar-refractivity contribution < 1.29 is 13.2 Å². The monoisotopic (exact) mass is 530 g/mol. The number of hydrogen-bond acceptors (Lipinski definition) is 8. The zero-order valence-electron chi connectivity index (χ0n) is 20.2. The van der Waals surface area contributed by atoms with Crippen molar-refractivity contribution >= 4 is 43.5 Å². The molecular formula is C28H26N4O3S2. The van der Waals surface area contributed by atoms with Gasteiger partial charge >= 0.3 is 0 Å². The van der Waals surface area contributed by atoms with E-state index in [0.717, 1.165) is 50.0 Å². The molecule has 0 unspecified atom stereocenters. The number of thiazole rings is 1. The highest BCUT2D eigenvalue weighted by Crippen LogP contribution is 2.31. The lowest BCUT2D eigenvalue weighted by molar-refractivity contribution is 0.483. The summed E-state index contributed by atoms with van der Waals surface area (Å²) in [6, 6.07) is 25.6. The van der Waals surface area contributed by atoms with E-state index in [-0.39, 0.29) is 5.75 Å². The Kier molecular flexibility index (Phi) is 7.45. The fourth-order valence-electron chi connectivity index (χ4n) is 3.77. The molecule has 5 rings (SSSR count). The molecule has 2 heterocycles. The summed E-state index contributed by atoms with van der Waals surface area (Å²) < 4.78 is 28.4. The average Bonchev–Trinajstić information content (AvgIpc) is 3.37. The van der Waals surface area contributed by atoms with Crippen LogP contribution in [0, 0.1) is 0 Å². The Balaban J connectivity index is 1.26. The Hall–Kier alpha value is -3.79. The van der Waals surface area contributed by atoms with E-state index in [2.05, 4.69) is 21.7 Å². The van der Waals surface area contributed by atoms with Crippen molar-refractivity contribution in [2.24, 2.45) is 0 Å². The molecule has 5 aromatic rings. The van der Waals surface area contributed by atoms with Crippen LogP contribution in [-0.4, -0.2) is 36.9 Å². The van der Waals surface area contributed by atoms with Crippen LogP contribution < -0.4 is 15.4 Å². The second-order valence-corrected chi connectivity index (χ2v) is 11.7. The molecule has 0 aliphatic heterocycles. The topological polar surface area (TPSA) is 93.2 Å². The summed E-state index contributed by atoms with van der Waals surface area (Å²) in [5.74, 6) is 1.69. The van der Waals surface area contributed by atoms with Crippen molar-refractivity contribution in [3.63, 3.8) is 0 Å². The van der Waals surface area contributed by atoms with E-state index >= 15 is 0 Å². The van der Waals surface area contributed by atoms with Gasteiger partial charge in [-0.3, -0.25) is 4.98 Å². The molecule has 0 bridgehead atoms. The molecule has 3 aromatic carbocycles. The zero-order valence-corrected chi connectivity index (χ0v) is 21.9. The first-order valence-corrected chi connectivity index (χ1v) is 14.7. The highest BCUT2D eigenvalue weighted by molar-refractivity contribution is 7.90. The Morgan fingerprint density at radius 3 is 2.51 bits per heavy atom. The smallest absolute Gasteiger partial charge is 0.148 e. The normalized spacial score (nSPS) is 11.5. The molecule has 9 heteroatoms. The van der Waals surface area contributed by atoms with Gasteiger partial charge in [0.25, 0.3) is 0 Å². The number of ether oxygens (including phenoxy) is 1. The summed E-state index contributed by atoms with van der Waals surface area (Å²) in [6.07, 6.45) is 3.03. The van der Waals surface area contributed by atoms with Crippen molar-refractivity contribution in [2.75, 3.05) is 23.9 Å². The first kappa shape index (κ1) is 24.9. The molecule has 0 aliphatic carbocycles. The molecule has 2 aromatic heterocycles. The maximum Gasteiger partial charge on any atom is 0.148 e. The molecule has 7 nitrogen and oxygen atoms in total. The molecule has 0 fully saturated rings. The number of nitrogens with zero attached hydrogens (tertiary/aromatic N) is 2. The highest BCUT2D eigenvalue weighted by Gasteiger charge is 2.09. The summed E-state index contributed by atoms with van der Waals surface area (Å²) in [4.78, 5) is 9.27. The maximum atomic E-state index is 11.3. The van der Waals surface area contributed by atoms with E-state index in [4.69, 9.17) is 9.72 Å². The molecule has 188 valence electrons. The molecule has 2 N–H and O–H groups in total. The maximum absolute atomic E-state index is 11.3. The zero-order chi connectivity index (χ0) is 25.7.